The van der Waals surface area contributed by atoms with Gasteiger partial charge in [0.1, 0.15) is 0 Å². The Morgan fingerprint density at radius 1 is 1.46 bits per heavy atom. The minimum absolute atomic E-state index is 0. The Kier molecular flexibility index (Phi) is 6.21. The van der Waals surface area contributed by atoms with E-state index >= 15 is 0 Å². The minimum atomic E-state index is -1.35. The molecule has 1 fully saturated rings. The molecule has 28 heavy (non-hydrogen) atoms. The summed E-state index contributed by atoms with van der Waals surface area (Å²) in [6.07, 6.45) is 5.28. The number of carboxylic acids is 1. The Morgan fingerprint density at radius 2 is 2.21 bits per heavy atom. The van der Waals surface area contributed by atoms with E-state index in [1.165, 1.54) is 16.7 Å². The van der Waals surface area contributed by atoms with Gasteiger partial charge in [0.05, 0.1) is 35.4 Å². The number of carbonyl (C=O) groups excluding carboxylic acids is 2. The number of amides is 1. The van der Waals surface area contributed by atoms with Crippen molar-refractivity contribution < 1.29 is 49.4 Å². The predicted octanol–water partition coefficient (Wildman–Crippen LogP) is -3.17. The van der Waals surface area contributed by atoms with E-state index in [0.29, 0.717) is 22.9 Å². The molecule has 2 aromatic rings. The van der Waals surface area contributed by atoms with Crippen LogP contribution in [0.25, 0.3) is 5.78 Å². The van der Waals surface area contributed by atoms with Crippen LogP contribution in [0.4, 0.5) is 0 Å². The number of carboxylic acid groups (broad SMARTS) is 1. The second-order valence-corrected chi connectivity index (χ2v) is 8.05. The minimum Gasteiger partial charge on any atom is -0.543 e. The van der Waals surface area contributed by atoms with Crippen molar-refractivity contribution >= 4 is 29.4 Å². The summed E-state index contributed by atoms with van der Waals surface area (Å²) in [5.41, 5.74) is 0.819. The largest absolute Gasteiger partial charge is 1.00 e. The standard InChI is InChI=1S/C18H20N4O4S.Na/c1-9-13-12(10(2)23)16(24)22(13)14(17(25)26)15(9)27-7-4-11-8-21-6-3-5-19-18(21)20-11;/h3,5-6,8-10,12-13,23H,4,7H2,1-2H3,(H,25,26);/q;+1/p-1/t9-,10-,12-,13-;/m1./s1. The fourth-order valence-corrected chi connectivity index (χ4v) is 5.22. The molecule has 2 aliphatic rings. The molecule has 142 valence electrons. The monoisotopic (exact) mass is 410 g/mol. The first kappa shape index (κ1) is 21.3. The summed E-state index contributed by atoms with van der Waals surface area (Å²) in [6.45, 7) is 3.46. The maximum absolute atomic E-state index is 12.3. The van der Waals surface area contributed by atoms with Gasteiger partial charge in [-0.05, 0) is 13.0 Å². The van der Waals surface area contributed by atoms with E-state index in [1.807, 2.05) is 29.8 Å². The third-order valence-electron chi connectivity index (χ3n) is 5.20. The smallest absolute Gasteiger partial charge is 0.543 e. The van der Waals surface area contributed by atoms with Crippen LogP contribution in [0.3, 0.4) is 0 Å². The first-order chi connectivity index (χ1) is 12.9. The second kappa shape index (κ2) is 8.16. The first-order valence-corrected chi connectivity index (χ1v) is 9.76. The van der Waals surface area contributed by atoms with E-state index in [4.69, 9.17) is 0 Å². The molecular formula is C18H19N4NaO4S. The Balaban J connectivity index is 0.00000225. The van der Waals surface area contributed by atoms with Crippen molar-refractivity contribution in [3.05, 3.63) is 41.0 Å². The molecule has 1 N–H and O–H groups in total. The molecule has 2 aromatic heterocycles. The van der Waals surface area contributed by atoms with Gasteiger partial charge in [-0.25, -0.2) is 9.97 Å². The average Bonchev–Trinajstić information content (AvgIpc) is 3.12. The molecule has 0 spiro atoms. The molecule has 2 aliphatic heterocycles. The average molecular weight is 410 g/mol. The number of nitrogens with zero attached hydrogens (tertiary/aromatic N) is 4. The third-order valence-corrected chi connectivity index (χ3v) is 6.49. The van der Waals surface area contributed by atoms with Gasteiger partial charge in [0.25, 0.3) is 0 Å². The van der Waals surface area contributed by atoms with Crippen LogP contribution in [0.2, 0.25) is 0 Å². The molecule has 4 atom stereocenters. The maximum atomic E-state index is 12.3. The Labute approximate surface area is 188 Å². The Hall–Kier alpha value is -1.39. The van der Waals surface area contributed by atoms with Crippen LogP contribution >= 0.6 is 11.8 Å². The molecule has 4 heterocycles. The van der Waals surface area contributed by atoms with Gasteiger partial charge in [-0.3, -0.25) is 9.20 Å². The molecule has 8 nitrogen and oxygen atoms in total. The zero-order valence-corrected chi connectivity index (χ0v) is 18.7. The second-order valence-electron chi connectivity index (χ2n) is 6.91. The summed E-state index contributed by atoms with van der Waals surface area (Å²) in [5, 5.41) is 21.5. The van der Waals surface area contributed by atoms with Crippen LogP contribution in [0.5, 0.6) is 0 Å². The molecular weight excluding hydrogens is 391 g/mol. The van der Waals surface area contributed by atoms with Gasteiger partial charge < -0.3 is 19.9 Å². The number of thioether (sulfide) groups is 1. The van der Waals surface area contributed by atoms with Gasteiger partial charge in [-0.15, -0.1) is 11.8 Å². The number of β-lactam (4-membered cyclic amide) rings is 1. The third kappa shape index (κ3) is 3.39. The van der Waals surface area contributed by atoms with E-state index in [-0.39, 0.29) is 53.1 Å². The van der Waals surface area contributed by atoms with Crippen LogP contribution in [-0.4, -0.2) is 54.2 Å². The van der Waals surface area contributed by atoms with Crippen molar-refractivity contribution in [3.63, 3.8) is 0 Å². The molecule has 10 heteroatoms. The zero-order valence-electron chi connectivity index (χ0n) is 15.9. The van der Waals surface area contributed by atoms with Crippen LogP contribution in [0.15, 0.2) is 35.3 Å². The Bertz CT molecular complexity index is 927. The number of fused-ring (bicyclic) bond motifs is 2. The van der Waals surface area contributed by atoms with Crippen molar-refractivity contribution in [2.24, 2.45) is 11.8 Å². The van der Waals surface area contributed by atoms with E-state index in [9.17, 15) is 19.8 Å². The van der Waals surface area contributed by atoms with E-state index in [1.54, 1.807) is 13.1 Å². The number of carbonyl (C=O) groups is 2. The number of aliphatic carboxylic acids is 1. The molecule has 1 amide bonds. The predicted molar refractivity (Wildman–Crippen MR) is 96.2 cm³/mol. The topological polar surface area (TPSA) is 111 Å². The summed E-state index contributed by atoms with van der Waals surface area (Å²) >= 11 is 1.41. The zero-order chi connectivity index (χ0) is 19.3. The van der Waals surface area contributed by atoms with Crippen molar-refractivity contribution in [2.75, 3.05) is 5.75 Å². The fraction of sp³-hybridized carbons (Fsp3) is 0.444. The summed E-state index contributed by atoms with van der Waals surface area (Å²) < 4.78 is 1.84. The molecule has 4 rings (SSSR count). The van der Waals surface area contributed by atoms with Crippen molar-refractivity contribution in [1.29, 1.82) is 0 Å². The number of hydrogen-bond acceptors (Lipinski definition) is 7. The van der Waals surface area contributed by atoms with Crippen LogP contribution < -0.4 is 34.7 Å². The van der Waals surface area contributed by atoms with Gasteiger partial charge in [-0.2, -0.15) is 0 Å². The van der Waals surface area contributed by atoms with Crippen molar-refractivity contribution in [3.8, 4) is 0 Å². The number of aliphatic hydroxyl groups is 1. The molecule has 0 saturated carbocycles. The number of imidazole rings is 1. The van der Waals surface area contributed by atoms with Gasteiger partial charge in [0.15, 0.2) is 0 Å². The number of aliphatic hydroxyl groups excluding tert-OH is 1. The van der Waals surface area contributed by atoms with Gasteiger partial charge in [-0.1, -0.05) is 6.92 Å². The van der Waals surface area contributed by atoms with Crippen LogP contribution in [0, 0.1) is 11.8 Å². The number of aryl methyl sites for hydroxylation is 1. The summed E-state index contributed by atoms with van der Waals surface area (Å²) in [4.78, 5) is 34.5. The molecule has 0 aliphatic carbocycles. The van der Waals surface area contributed by atoms with Crippen molar-refractivity contribution in [2.45, 2.75) is 32.4 Å². The van der Waals surface area contributed by atoms with Crippen LogP contribution in [-0.2, 0) is 16.0 Å². The van der Waals surface area contributed by atoms with Crippen molar-refractivity contribution in [1.82, 2.24) is 19.3 Å². The molecule has 0 radical (unpaired) electrons. The number of rotatable bonds is 6. The molecule has 0 unspecified atom stereocenters. The van der Waals surface area contributed by atoms with E-state index < -0.39 is 18.0 Å². The van der Waals surface area contributed by atoms with Gasteiger partial charge in [0, 0.05) is 41.6 Å². The summed E-state index contributed by atoms with van der Waals surface area (Å²) in [5.74, 6) is -1.16. The molecule has 0 bridgehead atoms. The van der Waals surface area contributed by atoms with E-state index in [2.05, 4.69) is 9.97 Å². The molecule has 0 aromatic carbocycles. The van der Waals surface area contributed by atoms with E-state index in [0.717, 1.165) is 5.69 Å². The fourth-order valence-electron chi connectivity index (χ4n) is 3.97. The molecule has 1 saturated heterocycles. The van der Waals surface area contributed by atoms with Gasteiger partial charge >= 0.3 is 29.6 Å². The number of hydrogen-bond donors (Lipinski definition) is 1. The SMILES string of the molecule is C[C@@H](O)[C@H]1C(=O)N2C(C(=O)[O-])=C(SCCc3cn4cccnc4n3)[C@H](C)[C@H]12.[Na+]. The summed E-state index contributed by atoms with van der Waals surface area (Å²) in [6, 6.07) is 1.51. The maximum Gasteiger partial charge on any atom is 1.00 e. The number of aromatic nitrogens is 3. The quantitative estimate of drug-likeness (QED) is 0.395. The summed E-state index contributed by atoms with van der Waals surface area (Å²) in [7, 11) is 0. The normalized spacial score (nSPS) is 24.8. The Morgan fingerprint density at radius 3 is 2.86 bits per heavy atom. The van der Waals surface area contributed by atoms with Gasteiger partial charge in [0.2, 0.25) is 11.7 Å². The first-order valence-electron chi connectivity index (χ1n) is 8.78. The van der Waals surface area contributed by atoms with Crippen LogP contribution in [0.1, 0.15) is 19.5 Å².